The Morgan fingerprint density at radius 1 is 0.923 bits per heavy atom. The molecule has 4 rings (SSSR count). The van der Waals surface area contributed by atoms with Crippen LogP contribution in [0.5, 0.6) is 0 Å². The number of tetrazole rings is 1. The summed E-state index contributed by atoms with van der Waals surface area (Å²) in [5.74, 6) is 0.129. The van der Waals surface area contributed by atoms with Gasteiger partial charge in [0.1, 0.15) is 5.82 Å². The first-order valence-electron chi connectivity index (χ1n) is 8.08. The van der Waals surface area contributed by atoms with Gasteiger partial charge in [-0.05, 0) is 52.4 Å². The Morgan fingerprint density at radius 2 is 1.77 bits per heavy atom. The van der Waals surface area contributed by atoms with Gasteiger partial charge in [0, 0.05) is 6.20 Å². The lowest BCUT2D eigenvalue weighted by atomic mass is 10.0. The first-order valence-corrected chi connectivity index (χ1v) is 8.08. The summed E-state index contributed by atoms with van der Waals surface area (Å²) in [5, 5.41) is 15.2. The van der Waals surface area contributed by atoms with E-state index in [4.69, 9.17) is 0 Å². The van der Waals surface area contributed by atoms with Crippen LogP contribution in [-0.4, -0.2) is 25.2 Å². The van der Waals surface area contributed by atoms with Crippen molar-refractivity contribution in [2.24, 2.45) is 0 Å². The van der Waals surface area contributed by atoms with Crippen molar-refractivity contribution in [1.82, 2.24) is 25.2 Å². The molecule has 0 aliphatic carbocycles. The minimum atomic E-state index is -0.402. The molecule has 2 heterocycles. The minimum absolute atomic E-state index is 0.312. The number of hydrogen-bond acceptors (Lipinski definition) is 5. The van der Waals surface area contributed by atoms with Crippen LogP contribution in [0.3, 0.4) is 0 Å². The Bertz CT molecular complexity index is 987. The van der Waals surface area contributed by atoms with Crippen molar-refractivity contribution in [3.63, 3.8) is 0 Å². The van der Waals surface area contributed by atoms with Crippen molar-refractivity contribution in [2.75, 3.05) is 5.32 Å². The maximum absolute atomic E-state index is 13.8. The molecule has 4 aromatic rings. The Kier molecular flexibility index (Phi) is 4.34. The molecular formula is C19H15FN6. The van der Waals surface area contributed by atoms with Crippen LogP contribution in [0.2, 0.25) is 0 Å². The number of nitrogens with zero attached hydrogens (tertiary/aromatic N) is 5. The van der Waals surface area contributed by atoms with E-state index in [9.17, 15) is 4.39 Å². The highest BCUT2D eigenvalue weighted by molar-refractivity contribution is 5.43. The van der Waals surface area contributed by atoms with Crippen LogP contribution in [0.1, 0.15) is 17.3 Å². The summed E-state index contributed by atoms with van der Waals surface area (Å²) in [4.78, 5) is 4.41. The van der Waals surface area contributed by atoms with Gasteiger partial charge in [0.25, 0.3) is 0 Å². The lowest BCUT2D eigenvalue weighted by molar-refractivity contribution is 0.624. The second kappa shape index (κ2) is 7.10. The molecule has 2 aromatic heterocycles. The van der Waals surface area contributed by atoms with Crippen molar-refractivity contribution in [2.45, 2.75) is 6.04 Å². The monoisotopic (exact) mass is 346 g/mol. The van der Waals surface area contributed by atoms with Crippen molar-refractivity contribution < 1.29 is 4.39 Å². The fourth-order valence-electron chi connectivity index (χ4n) is 2.71. The number of para-hydroxylation sites is 1. The van der Waals surface area contributed by atoms with Crippen molar-refractivity contribution in [3.05, 3.63) is 96.1 Å². The van der Waals surface area contributed by atoms with Gasteiger partial charge < -0.3 is 5.32 Å². The van der Waals surface area contributed by atoms with Gasteiger partial charge in [-0.25, -0.2) is 4.39 Å². The Morgan fingerprint density at radius 3 is 2.54 bits per heavy atom. The van der Waals surface area contributed by atoms with Crippen LogP contribution in [0.15, 0.2) is 79.0 Å². The summed E-state index contributed by atoms with van der Waals surface area (Å²) in [5.41, 5.74) is 2.28. The Balaban J connectivity index is 1.74. The number of hydrogen-bond donors (Lipinski definition) is 1. The zero-order chi connectivity index (χ0) is 17.8. The number of pyridine rings is 1. The Labute approximate surface area is 149 Å². The molecule has 6 nitrogen and oxygen atoms in total. The number of nitrogens with one attached hydrogen (secondary N) is 1. The first kappa shape index (κ1) is 15.9. The molecular weight excluding hydrogens is 331 g/mol. The molecule has 0 bridgehead atoms. The molecule has 1 N–H and O–H groups in total. The summed E-state index contributed by atoms with van der Waals surface area (Å²) in [6, 6.07) is 21.1. The average molecular weight is 346 g/mol. The highest BCUT2D eigenvalue weighted by Gasteiger charge is 2.19. The number of rotatable bonds is 5. The van der Waals surface area contributed by atoms with Crippen LogP contribution in [0.25, 0.3) is 5.69 Å². The van der Waals surface area contributed by atoms with Crippen LogP contribution in [0, 0.1) is 5.82 Å². The van der Waals surface area contributed by atoms with E-state index < -0.39 is 6.04 Å². The molecule has 0 aliphatic rings. The van der Waals surface area contributed by atoms with E-state index in [0.717, 1.165) is 16.9 Å². The fraction of sp³-hybridized carbons (Fsp3) is 0.0526. The molecule has 0 saturated heterocycles. The van der Waals surface area contributed by atoms with E-state index in [-0.39, 0.29) is 5.82 Å². The van der Waals surface area contributed by atoms with E-state index in [1.165, 1.54) is 12.1 Å². The van der Waals surface area contributed by atoms with Crippen LogP contribution < -0.4 is 5.32 Å². The molecule has 0 fully saturated rings. The van der Waals surface area contributed by atoms with Gasteiger partial charge in [-0.2, -0.15) is 4.68 Å². The zero-order valence-electron chi connectivity index (χ0n) is 13.7. The summed E-state index contributed by atoms with van der Waals surface area (Å²) >= 11 is 0. The maximum atomic E-state index is 13.8. The third-order valence-electron chi connectivity index (χ3n) is 3.91. The molecule has 0 amide bonds. The van der Waals surface area contributed by atoms with Gasteiger partial charge in [-0.1, -0.05) is 41.5 Å². The third-order valence-corrected chi connectivity index (χ3v) is 3.91. The molecule has 0 aliphatic heterocycles. The Hall–Kier alpha value is -3.61. The van der Waals surface area contributed by atoms with Gasteiger partial charge in [0.2, 0.25) is 5.95 Å². The van der Waals surface area contributed by atoms with E-state index >= 15 is 0 Å². The van der Waals surface area contributed by atoms with E-state index in [1.54, 1.807) is 16.9 Å². The maximum Gasteiger partial charge on any atom is 0.248 e. The molecule has 0 spiro atoms. The van der Waals surface area contributed by atoms with Crippen molar-refractivity contribution >= 4 is 5.95 Å². The predicted octanol–water partition coefficient (Wildman–Crippen LogP) is 3.40. The molecule has 0 radical (unpaired) electrons. The van der Waals surface area contributed by atoms with E-state index in [2.05, 4.69) is 25.8 Å². The zero-order valence-corrected chi connectivity index (χ0v) is 13.7. The summed E-state index contributed by atoms with van der Waals surface area (Å²) < 4.78 is 15.4. The predicted molar refractivity (Wildman–Crippen MR) is 95.3 cm³/mol. The van der Waals surface area contributed by atoms with Gasteiger partial charge in [0.15, 0.2) is 0 Å². The molecule has 128 valence electrons. The quantitative estimate of drug-likeness (QED) is 0.600. The number of benzene rings is 2. The van der Waals surface area contributed by atoms with Crippen molar-refractivity contribution in [1.29, 1.82) is 0 Å². The lowest BCUT2D eigenvalue weighted by Crippen LogP contribution is -2.17. The highest BCUT2D eigenvalue weighted by atomic mass is 19.1. The summed E-state index contributed by atoms with van der Waals surface area (Å²) in [6.07, 6.45) is 1.70. The number of aromatic nitrogens is 5. The highest BCUT2D eigenvalue weighted by Crippen LogP contribution is 2.25. The SMILES string of the molecule is Fc1cccc(C(Nc2nnnn2-c2ccccc2)c2ccccn2)c1. The molecule has 26 heavy (non-hydrogen) atoms. The van der Waals surface area contributed by atoms with Crippen LogP contribution in [-0.2, 0) is 0 Å². The molecule has 0 saturated carbocycles. The van der Waals surface area contributed by atoms with Gasteiger partial charge in [-0.15, -0.1) is 0 Å². The second-order valence-electron chi connectivity index (χ2n) is 5.64. The second-order valence-corrected chi connectivity index (χ2v) is 5.64. The lowest BCUT2D eigenvalue weighted by Gasteiger charge is -2.19. The average Bonchev–Trinajstić information content (AvgIpc) is 3.16. The van der Waals surface area contributed by atoms with Crippen LogP contribution in [0.4, 0.5) is 10.3 Å². The largest absolute Gasteiger partial charge is 0.340 e. The minimum Gasteiger partial charge on any atom is -0.340 e. The molecule has 1 atom stereocenters. The fourth-order valence-corrected chi connectivity index (χ4v) is 2.71. The summed E-state index contributed by atoms with van der Waals surface area (Å²) in [7, 11) is 0. The molecule has 7 heteroatoms. The standard InChI is InChI=1S/C19H15FN6/c20-15-8-6-7-14(13-15)18(17-11-4-5-12-21-17)22-19-23-24-25-26(19)16-9-2-1-3-10-16/h1-13,18H,(H,22,23,25). The van der Waals surface area contributed by atoms with Crippen LogP contribution >= 0.6 is 0 Å². The first-order chi connectivity index (χ1) is 12.8. The van der Waals surface area contributed by atoms with E-state index in [0.29, 0.717) is 5.95 Å². The van der Waals surface area contributed by atoms with Gasteiger partial charge in [-0.3, -0.25) is 4.98 Å². The molecule has 2 aromatic carbocycles. The summed E-state index contributed by atoms with van der Waals surface area (Å²) in [6.45, 7) is 0. The normalized spacial score (nSPS) is 11.9. The van der Waals surface area contributed by atoms with E-state index in [1.807, 2.05) is 54.6 Å². The number of anilines is 1. The topological polar surface area (TPSA) is 68.5 Å². The smallest absolute Gasteiger partial charge is 0.248 e. The van der Waals surface area contributed by atoms with Crippen molar-refractivity contribution in [3.8, 4) is 5.69 Å². The van der Waals surface area contributed by atoms with Gasteiger partial charge >= 0.3 is 0 Å². The molecule has 1 unspecified atom stereocenters. The van der Waals surface area contributed by atoms with Gasteiger partial charge in [0.05, 0.1) is 17.4 Å². The third kappa shape index (κ3) is 3.27. The number of halogens is 1.